The summed E-state index contributed by atoms with van der Waals surface area (Å²) in [4.78, 5) is 42.6. The number of ether oxygens (including phenoxy) is 1. The Morgan fingerprint density at radius 3 is 2.72 bits per heavy atom. The molecule has 0 radical (unpaired) electrons. The van der Waals surface area contributed by atoms with Gasteiger partial charge >= 0.3 is 6.03 Å². The third kappa shape index (κ3) is 4.72. The largest absolute Gasteiger partial charge is 0.497 e. The first-order chi connectivity index (χ1) is 15.5. The molecule has 3 aromatic rings. The Labute approximate surface area is 185 Å². The normalized spacial score (nSPS) is 15.8. The van der Waals surface area contributed by atoms with Crippen LogP contribution in [0.3, 0.4) is 0 Å². The molecule has 32 heavy (non-hydrogen) atoms. The molecule has 1 aliphatic rings. The van der Waals surface area contributed by atoms with Crippen molar-refractivity contribution in [3.63, 3.8) is 0 Å². The molecule has 9 nitrogen and oxygen atoms in total. The molecular weight excluding hydrogens is 410 g/mol. The van der Waals surface area contributed by atoms with Gasteiger partial charge in [0.15, 0.2) is 0 Å². The Morgan fingerprint density at radius 1 is 1.16 bits per heavy atom. The molecule has 2 N–H and O–H groups in total. The summed E-state index contributed by atoms with van der Waals surface area (Å²) in [5.74, 6) is 0.227. The third-order valence-electron chi connectivity index (χ3n) is 5.47. The first kappa shape index (κ1) is 21.4. The molecule has 1 fully saturated rings. The van der Waals surface area contributed by atoms with E-state index >= 15 is 0 Å². The summed E-state index contributed by atoms with van der Waals surface area (Å²) in [7, 11) is 1.58. The molecule has 2 aromatic carbocycles. The number of rotatable bonds is 9. The van der Waals surface area contributed by atoms with Crippen LogP contribution in [0.4, 0.5) is 4.79 Å². The van der Waals surface area contributed by atoms with E-state index in [1.54, 1.807) is 25.6 Å². The standard InChI is InChI=1S/C23H25N5O4/c1-32-17-8-6-16(7-9-17)14-28-22(30)19(26-23(28)31)10-11-21(29)24-12-13-27-15-25-18-4-2-3-5-20(18)27/h2-9,15,19H,10-14H2,1H3,(H,24,29)(H,26,31)/t19-/m0/s1. The summed E-state index contributed by atoms with van der Waals surface area (Å²) in [6.07, 6.45) is 2.15. The number of fused-ring (bicyclic) bond motifs is 1. The van der Waals surface area contributed by atoms with E-state index < -0.39 is 12.1 Å². The van der Waals surface area contributed by atoms with E-state index in [0.29, 0.717) is 18.8 Å². The maximum Gasteiger partial charge on any atom is 0.325 e. The highest BCUT2D eigenvalue weighted by Gasteiger charge is 2.37. The van der Waals surface area contributed by atoms with Crippen molar-refractivity contribution in [2.24, 2.45) is 0 Å². The Kier molecular flexibility index (Phi) is 6.34. The van der Waals surface area contributed by atoms with Crippen molar-refractivity contribution in [3.05, 3.63) is 60.4 Å². The molecule has 4 amide bonds. The van der Waals surface area contributed by atoms with Crippen LogP contribution in [0.5, 0.6) is 5.75 Å². The quantitative estimate of drug-likeness (QED) is 0.501. The van der Waals surface area contributed by atoms with Crippen LogP contribution in [0.1, 0.15) is 18.4 Å². The number of methoxy groups -OCH3 is 1. The summed E-state index contributed by atoms with van der Waals surface area (Å²) in [6.45, 7) is 1.23. The summed E-state index contributed by atoms with van der Waals surface area (Å²) in [5, 5.41) is 5.53. The molecule has 0 spiro atoms. The second kappa shape index (κ2) is 9.51. The van der Waals surface area contributed by atoms with Crippen LogP contribution in [-0.4, -0.2) is 52.0 Å². The highest BCUT2D eigenvalue weighted by Crippen LogP contribution is 2.17. The molecule has 9 heteroatoms. The van der Waals surface area contributed by atoms with Gasteiger partial charge in [-0.3, -0.25) is 14.5 Å². The Morgan fingerprint density at radius 2 is 1.94 bits per heavy atom. The summed E-state index contributed by atoms with van der Waals surface area (Å²) in [6, 6.07) is 13.8. The lowest BCUT2D eigenvalue weighted by Gasteiger charge is -2.13. The SMILES string of the molecule is COc1ccc(CN2C(=O)N[C@@H](CCC(=O)NCCn3cnc4ccccc43)C2=O)cc1. The van der Waals surface area contributed by atoms with Gasteiger partial charge in [-0.1, -0.05) is 24.3 Å². The number of nitrogens with zero attached hydrogens (tertiary/aromatic N) is 3. The molecule has 1 saturated heterocycles. The van der Waals surface area contributed by atoms with Crippen molar-refractivity contribution < 1.29 is 19.1 Å². The average Bonchev–Trinajstić information content (AvgIpc) is 3.34. The molecule has 166 valence electrons. The summed E-state index contributed by atoms with van der Waals surface area (Å²) in [5.41, 5.74) is 2.74. The fraction of sp³-hybridized carbons (Fsp3) is 0.304. The maximum absolute atomic E-state index is 12.6. The zero-order chi connectivity index (χ0) is 22.5. The second-order valence-corrected chi connectivity index (χ2v) is 7.59. The van der Waals surface area contributed by atoms with Crippen LogP contribution in [0.15, 0.2) is 54.9 Å². The highest BCUT2D eigenvalue weighted by atomic mass is 16.5. The summed E-state index contributed by atoms with van der Waals surface area (Å²) < 4.78 is 7.10. The van der Waals surface area contributed by atoms with Gasteiger partial charge in [-0.15, -0.1) is 0 Å². The van der Waals surface area contributed by atoms with Crippen LogP contribution in [0, 0.1) is 0 Å². The zero-order valence-electron chi connectivity index (χ0n) is 17.8. The van der Waals surface area contributed by atoms with Gasteiger partial charge in [0, 0.05) is 19.5 Å². The molecule has 0 aliphatic carbocycles. The van der Waals surface area contributed by atoms with Gasteiger partial charge in [0.1, 0.15) is 11.8 Å². The lowest BCUT2D eigenvalue weighted by atomic mass is 10.1. The number of urea groups is 1. The van der Waals surface area contributed by atoms with Crippen molar-refractivity contribution in [1.82, 2.24) is 25.1 Å². The third-order valence-corrected chi connectivity index (χ3v) is 5.47. The molecule has 1 aromatic heterocycles. The molecule has 2 heterocycles. The number of benzene rings is 2. The van der Waals surface area contributed by atoms with Gasteiger partial charge < -0.3 is 19.9 Å². The van der Waals surface area contributed by atoms with E-state index in [-0.39, 0.29) is 31.2 Å². The number of carbonyl (C=O) groups is 3. The molecule has 0 saturated carbocycles. The minimum atomic E-state index is -0.691. The minimum absolute atomic E-state index is 0.151. The fourth-order valence-electron chi connectivity index (χ4n) is 3.70. The monoisotopic (exact) mass is 435 g/mol. The predicted molar refractivity (Wildman–Crippen MR) is 118 cm³/mol. The number of carbonyl (C=O) groups excluding carboxylic acids is 3. The van der Waals surface area contributed by atoms with E-state index in [9.17, 15) is 14.4 Å². The van der Waals surface area contributed by atoms with Gasteiger partial charge in [0.05, 0.1) is 31.0 Å². The summed E-state index contributed by atoms with van der Waals surface area (Å²) >= 11 is 0. The molecule has 1 atom stereocenters. The zero-order valence-corrected chi connectivity index (χ0v) is 17.8. The lowest BCUT2D eigenvalue weighted by Crippen LogP contribution is -2.33. The number of hydrogen-bond acceptors (Lipinski definition) is 5. The number of aromatic nitrogens is 2. The Hall–Kier alpha value is -3.88. The first-order valence-electron chi connectivity index (χ1n) is 10.5. The molecule has 0 bridgehead atoms. The number of imidazole rings is 1. The van der Waals surface area contributed by atoms with Crippen molar-refractivity contribution in [2.75, 3.05) is 13.7 Å². The van der Waals surface area contributed by atoms with Gasteiger partial charge in [0.2, 0.25) is 5.91 Å². The fourth-order valence-corrected chi connectivity index (χ4v) is 3.70. The number of imide groups is 1. The van der Waals surface area contributed by atoms with Crippen LogP contribution >= 0.6 is 0 Å². The molecule has 0 unspecified atom stereocenters. The molecular formula is C23H25N5O4. The highest BCUT2D eigenvalue weighted by molar-refractivity contribution is 6.04. The molecule has 4 rings (SSSR count). The van der Waals surface area contributed by atoms with Gasteiger partial charge in [0.25, 0.3) is 5.91 Å². The van der Waals surface area contributed by atoms with Crippen LogP contribution < -0.4 is 15.4 Å². The Balaban J connectivity index is 1.23. The van der Waals surface area contributed by atoms with Crippen molar-refractivity contribution in [2.45, 2.75) is 32.0 Å². The van der Waals surface area contributed by atoms with Crippen LogP contribution in [0.2, 0.25) is 0 Å². The lowest BCUT2D eigenvalue weighted by molar-refractivity contribution is -0.128. The minimum Gasteiger partial charge on any atom is -0.497 e. The van der Waals surface area contributed by atoms with Crippen molar-refractivity contribution in [3.8, 4) is 5.75 Å². The van der Waals surface area contributed by atoms with E-state index in [1.165, 1.54) is 4.90 Å². The van der Waals surface area contributed by atoms with Gasteiger partial charge in [-0.2, -0.15) is 0 Å². The number of amides is 4. The van der Waals surface area contributed by atoms with E-state index in [1.807, 2.05) is 41.0 Å². The number of para-hydroxylation sites is 2. The maximum atomic E-state index is 12.6. The smallest absolute Gasteiger partial charge is 0.325 e. The topological polar surface area (TPSA) is 106 Å². The number of nitrogens with one attached hydrogen (secondary N) is 2. The van der Waals surface area contributed by atoms with E-state index in [0.717, 1.165) is 16.6 Å². The average molecular weight is 435 g/mol. The van der Waals surface area contributed by atoms with Gasteiger partial charge in [-0.25, -0.2) is 9.78 Å². The predicted octanol–water partition coefficient (Wildman–Crippen LogP) is 2.06. The van der Waals surface area contributed by atoms with Gasteiger partial charge in [-0.05, 0) is 36.2 Å². The van der Waals surface area contributed by atoms with Crippen molar-refractivity contribution in [1.29, 1.82) is 0 Å². The first-order valence-corrected chi connectivity index (χ1v) is 10.5. The second-order valence-electron chi connectivity index (χ2n) is 7.59. The van der Waals surface area contributed by atoms with E-state index in [2.05, 4.69) is 15.6 Å². The van der Waals surface area contributed by atoms with Crippen molar-refractivity contribution >= 4 is 28.9 Å². The Bertz CT molecular complexity index is 1120. The van der Waals surface area contributed by atoms with E-state index in [4.69, 9.17) is 4.74 Å². The number of hydrogen-bond donors (Lipinski definition) is 2. The van der Waals surface area contributed by atoms with Crippen LogP contribution in [0.25, 0.3) is 11.0 Å². The van der Waals surface area contributed by atoms with Crippen LogP contribution in [-0.2, 0) is 22.7 Å². The molecule has 1 aliphatic heterocycles.